The predicted molar refractivity (Wildman–Crippen MR) is 150 cm³/mol. The lowest BCUT2D eigenvalue weighted by Crippen LogP contribution is -2.24. The fraction of sp³-hybridized carbons (Fsp3) is 0. The lowest BCUT2D eigenvalue weighted by molar-refractivity contribution is -0.112. The van der Waals surface area contributed by atoms with Crippen LogP contribution in [0.2, 0.25) is 10.0 Å². The second-order valence-corrected chi connectivity index (χ2v) is 9.80. The third kappa shape index (κ3) is 3.57. The summed E-state index contributed by atoms with van der Waals surface area (Å²) in [4.78, 5) is 29.4. The summed E-state index contributed by atoms with van der Waals surface area (Å²) in [6.07, 6.45) is 3.51. The molecule has 0 saturated heterocycles. The van der Waals surface area contributed by atoms with E-state index in [1.165, 1.54) is 0 Å². The largest absolute Gasteiger partial charge is 0.494 e. The fourth-order valence-corrected chi connectivity index (χ4v) is 5.44. The van der Waals surface area contributed by atoms with Crippen LogP contribution in [0.25, 0.3) is 50.4 Å². The molecule has 3 aromatic heterocycles. The SMILES string of the molecule is O=C1N=c2cccc(Cl)c2=C1/C=c1\ccc2ccc3cc/c(=C\c4c(O)[nH]c5cccc(Cl)c45)nc3c2n1. The highest BCUT2D eigenvalue weighted by molar-refractivity contribution is 6.36. The van der Waals surface area contributed by atoms with E-state index in [0.717, 1.165) is 21.7 Å². The third-order valence-corrected chi connectivity index (χ3v) is 7.28. The summed E-state index contributed by atoms with van der Waals surface area (Å²) in [5.74, 6) is -0.328. The van der Waals surface area contributed by atoms with E-state index in [1.807, 2.05) is 48.5 Å². The zero-order chi connectivity index (χ0) is 26.0. The Morgan fingerprint density at radius 2 is 1.39 bits per heavy atom. The van der Waals surface area contributed by atoms with Crippen LogP contribution in [0.3, 0.4) is 0 Å². The lowest BCUT2D eigenvalue weighted by atomic mass is 10.1. The number of aromatic hydroxyl groups is 1. The topological polar surface area (TPSA) is 91.2 Å². The number of aromatic amines is 1. The molecule has 1 aliphatic heterocycles. The average Bonchev–Trinajstić information content (AvgIpc) is 3.40. The summed E-state index contributed by atoms with van der Waals surface area (Å²) in [7, 11) is 0. The maximum atomic E-state index is 12.6. The molecule has 1 amide bonds. The van der Waals surface area contributed by atoms with E-state index < -0.39 is 0 Å². The molecule has 1 aliphatic rings. The number of hydrogen-bond donors (Lipinski definition) is 2. The number of H-pyrrole nitrogens is 1. The minimum Gasteiger partial charge on any atom is -0.494 e. The minimum atomic E-state index is -0.347. The molecule has 0 saturated carbocycles. The predicted octanol–water partition coefficient (Wildman–Crippen LogP) is 3.90. The van der Waals surface area contributed by atoms with Crippen LogP contribution in [-0.2, 0) is 4.79 Å². The first-order valence-corrected chi connectivity index (χ1v) is 12.5. The van der Waals surface area contributed by atoms with Gasteiger partial charge in [-0.25, -0.2) is 15.0 Å². The summed E-state index contributed by atoms with van der Waals surface area (Å²) in [5, 5.41) is 16.5. The zero-order valence-electron chi connectivity index (χ0n) is 19.5. The number of pyridine rings is 2. The van der Waals surface area contributed by atoms with E-state index in [0.29, 0.717) is 53.5 Å². The molecule has 0 unspecified atom stereocenters. The van der Waals surface area contributed by atoms with Crippen molar-refractivity contribution in [3.05, 3.63) is 110 Å². The third-order valence-electron chi connectivity index (χ3n) is 6.65. The van der Waals surface area contributed by atoms with Crippen LogP contribution in [-0.4, -0.2) is 26.0 Å². The van der Waals surface area contributed by atoms with Gasteiger partial charge < -0.3 is 10.1 Å². The van der Waals surface area contributed by atoms with Gasteiger partial charge in [0.05, 0.1) is 48.2 Å². The first-order chi connectivity index (χ1) is 18.5. The second kappa shape index (κ2) is 8.52. The Labute approximate surface area is 224 Å². The molecule has 38 heavy (non-hydrogen) atoms. The molecular weight excluding hydrogens is 519 g/mol. The molecule has 0 bridgehead atoms. The average molecular weight is 535 g/mol. The van der Waals surface area contributed by atoms with Gasteiger partial charge in [0.25, 0.3) is 5.91 Å². The molecule has 0 atom stereocenters. The number of hydrogen-bond acceptors (Lipinski definition) is 4. The van der Waals surface area contributed by atoms with Crippen LogP contribution in [0.15, 0.2) is 77.8 Å². The number of nitrogens with zero attached hydrogens (tertiary/aromatic N) is 3. The number of amides is 1. The number of nitrogens with one attached hydrogen (secondary N) is 1. The fourth-order valence-electron chi connectivity index (χ4n) is 4.89. The van der Waals surface area contributed by atoms with Gasteiger partial charge in [-0.3, -0.25) is 4.79 Å². The van der Waals surface area contributed by atoms with Crippen molar-refractivity contribution < 1.29 is 9.90 Å². The maximum Gasteiger partial charge on any atom is 0.278 e. The molecule has 4 heterocycles. The summed E-state index contributed by atoms with van der Waals surface area (Å²) in [6, 6.07) is 22.4. The first-order valence-electron chi connectivity index (χ1n) is 11.8. The van der Waals surface area contributed by atoms with Crippen molar-refractivity contribution in [2.24, 2.45) is 4.99 Å². The Kier molecular flexibility index (Phi) is 5.08. The Balaban J connectivity index is 1.46. The van der Waals surface area contributed by atoms with Gasteiger partial charge in [-0.15, -0.1) is 0 Å². The van der Waals surface area contributed by atoms with Crippen molar-refractivity contribution in [1.29, 1.82) is 0 Å². The zero-order valence-corrected chi connectivity index (χ0v) is 21.0. The Morgan fingerprint density at radius 3 is 2.13 bits per heavy atom. The molecule has 2 N–H and O–H groups in total. The molecule has 7 rings (SSSR count). The number of aromatic nitrogens is 3. The summed E-state index contributed by atoms with van der Waals surface area (Å²) in [6.45, 7) is 0. The van der Waals surface area contributed by atoms with Crippen LogP contribution in [0.4, 0.5) is 0 Å². The highest BCUT2D eigenvalue weighted by Crippen LogP contribution is 2.33. The standard InChI is InChI=1S/C30H16Cl2N4O2/c31-21-3-1-5-23-25(21)19(29(37)35-23)13-17-11-9-15-7-8-16-10-12-18(34-28(16)27(15)33-17)14-20-26-22(32)4-2-6-24(26)36-30(20)38/h1-14,35,37H/b17-13+,18-14+. The number of rotatable bonds is 2. The van der Waals surface area contributed by atoms with Gasteiger partial charge in [0.2, 0.25) is 0 Å². The van der Waals surface area contributed by atoms with Gasteiger partial charge in [-0.2, -0.15) is 0 Å². The Hall–Kier alpha value is -4.52. The van der Waals surface area contributed by atoms with Gasteiger partial charge in [0, 0.05) is 26.9 Å². The van der Waals surface area contributed by atoms with Gasteiger partial charge in [-0.05, 0) is 48.6 Å². The smallest absolute Gasteiger partial charge is 0.278 e. The maximum absolute atomic E-state index is 12.6. The van der Waals surface area contributed by atoms with Crippen molar-refractivity contribution in [3.8, 4) is 5.88 Å². The number of carbonyl (C=O) groups excluding carboxylic acids is 1. The van der Waals surface area contributed by atoms with E-state index in [9.17, 15) is 9.90 Å². The van der Waals surface area contributed by atoms with Gasteiger partial charge in [0.1, 0.15) is 0 Å². The summed E-state index contributed by atoms with van der Waals surface area (Å²) >= 11 is 12.8. The quantitative estimate of drug-likeness (QED) is 0.329. The van der Waals surface area contributed by atoms with Crippen LogP contribution >= 0.6 is 23.2 Å². The monoisotopic (exact) mass is 534 g/mol. The van der Waals surface area contributed by atoms with Crippen molar-refractivity contribution in [2.45, 2.75) is 0 Å². The van der Waals surface area contributed by atoms with Gasteiger partial charge >= 0.3 is 0 Å². The highest BCUT2D eigenvalue weighted by atomic mass is 35.5. The van der Waals surface area contributed by atoms with E-state index in [4.69, 9.17) is 33.2 Å². The molecule has 182 valence electrons. The Morgan fingerprint density at radius 1 is 0.763 bits per heavy atom. The first kappa shape index (κ1) is 22.7. The normalized spacial score (nSPS) is 14.2. The highest BCUT2D eigenvalue weighted by Gasteiger charge is 2.16. The number of halogens is 2. The van der Waals surface area contributed by atoms with Crippen LogP contribution in [0, 0.1) is 0 Å². The number of benzene rings is 3. The number of carbonyl (C=O) groups is 1. The lowest BCUT2D eigenvalue weighted by Gasteiger charge is -2.03. The van der Waals surface area contributed by atoms with Crippen molar-refractivity contribution in [2.75, 3.05) is 0 Å². The van der Waals surface area contributed by atoms with E-state index in [-0.39, 0.29) is 11.8 Å². The number of fused-ring (bicyclic) bond motifs is 5. The molecule has 8 heteroatoms. The summed E-state index contributed by atoms with van der Waals surface area (Å²) in [5.41, 5.74) is 3.10. The van der Waals surface area contributed by atoms with Crippen molar-refractivity contribution >= 4 is 79.5 Å². The second-order valence-electron chi connectivity index (χ2n) is 8.98. The van der Waals surface area contributed by atoms with Crippen LogP contribution in [0.5, 0.6) is 5.88 Å². The molecule has 0 spiro atoms. The Bertz CT molecular complexity index is 2260. The summed E-state index contributed by atoms with van der Waals surface area (Å²) < 4.78 is 0. The van der Waals surface area contributed by atoms with Gasteiger partial charge in [0.15, 0.2) is 5.88 Å². The van der Waals surface area contributed by atoms with Crippen LogP contribution < -0.4 is 21.3 Å². The van der Waals surface area contributed by atoms with Gasteiger partial charge in [-0.1, -0.05) is 59.6 Å². The van der Waals surface area contributed by atoms with E-state index in [1.54, 1.807) is 36.4 Å². The van der Waals surface area contributed by atoms with Crippen LogP contribution in [0.1, 0.15) is 5.56 Å². The minimum absolute atomic E-state index is 0.0190. The molecule has 0 aliphatic carbocycles. The van der Waals surface area contributed by atoms with E-state index >= 15 is 0 Å². The molecule has 6 nitrogen and oxygen atoms in total. The van der Waals surface area contributed by atoms with Crippen molar-refractivity contribution in [3.63, 3.8) is 0 Å². The van der Waals surface area contributed by atoms with Crippen molar-refractivity contribution in [1.82, 2.24) is 15.0 Å². The molecule has 0 radical (unpaired) electrons. The molecule has 6 aromatic rings. The molecule has 3 aromatic carbocycles. The molecular formula is C30H16Cl2N4O2. The molecule has 0 fully saturated rings. The van der Waals surface area contributed by atoms with E-state index in [2.05, 4.69) is 9.98 Å².